The van der Waals surface area contributed by atoms with Crippen molar-refractivity contribution in [2.45, 2.75) is 70.8 Å². The first-order valence-electron chi connectivity index (χ1n) is 14.1. The van der Waals surface area contributed by atoms with E-state index in [2.05, 4.69) is 12.1 Å². The first-order valence-corrected chi connectivity index (χ1v) is 14.1. The first-order chi connectivity index (χ1) is 18.3. The van der Waals surface area contributed by atoms with Crippen molar-refractivity contribution in [3.63, 3.8) is 0 Å². The van der Waals surface area contributed by atoms with E-state index in [4.69, 9.17) is 11.6 Å². The summed E-state index contributed by atoms with van der Waals surface area (Å²) in [7, 11) is 0. The summed E-state index contributed by atoms with van der Waals surface area (Å²) in [5, 5.41) is 11.5. The second kappa shape index (κ2) is 11.2. The predicted octanol–water partition coefficient (Wildman–Crippen LogP) is 4.63. The number of amides is 2. The van der Waals surface area contributed by atoms with Gasteiger partial charge in [-0.3, -0.25) is 4.79 Å². The quantitative estimate of drug-likeness (QED) is 0.394. The average molecular weight is 520 g/mol. The summed E-state index contributed by atoms with van der Waals surface area (Å²) in [4.78, 5) is 29.4. The molecule has 7 bridgehead atoms. The SMILES string of the molecule is Cc1c2ccc(c1N)N(N)CCCCCC1CCN(CC1)C(=O)N1CCc3ccc(cc3C1)C2CC(=O)O. The molecule has 6 aliphatic heterocycles. The molecule has 204 valence electrons. The topological polar surface area (TPSA) is 116 Å². The Morgan fingerprint density at radius 2 is 1.76 bits per heavy atom. The highest BCUT2D eigenvalue weighted by molar-refractivity contribution is 5.76. The zero-order chi connectivity index (χ0) is 26.8. The van der Waals surface area contributed by atoms with E-state index in [1.807, 2.05) is 34.9 Å². The highest BCUT2D eigenvalue weighted by atomic mass is 16.4. The van der Waals surface area contributed by atoms with Gasteiger partial charge in [0.15, 0.2) is 0 Å². The molecule has 0 spiro atoms. The van der Waals surface area contributed by atoms with Gasteiger partial charge in [0.1, 0.15) is 0 Å². The largest absolute Gasteiger partial charge is 0.481 e. The predicted molar refractivity (Wildman–Crippen MR) is 150 cm³/mol. The molecule has 8 heteroatoms. The molecule has 1 fully saturated rings. The summed E-state index contributed by atoms with van der Waals surface area (Å²) < 4.78 is 0. The van der Waals surface area contributed by atoms with Gasteiger partial charge in [-0.1, -0.05) is 43.5 Å². The molecule has 1 saturated heterocycles. The number of nitrogens with zero attached hydrogens (tertiary/aromatic N) is 3. The molecule has 2 amide bonds. The van der Waals surface area contributed by atoms with Gasteiger partial charge >= 0.3 is 12.0 Å². The molecule has 0 radical (unpaired) electrons. The number of aliphatic carboxylic acids is 1. The molecular formula is C30H41N5O3. The average Bonchev–Trinajstić information content (AvgIpc) is 2.92. The fourth-order valence-corrected chi connectivity index (χ4v) is 6.52. The number of carbonyl (C=O) groups is 2. The van der Waals surface area contributed by atoms with Crippen LogP contribution in [0.3, 0.4) is 0 Å². The fourth-order valence-electron chi connectivity index (χ4n) is 6.52. The monoisotopic (exact) mass is 519 g/mol. The number of carboxylic acids is 1. The highest BCUT2D eigenvalue weighted by Crippen LogP contribution is 2.38. The zero-order valence-electron chi connectivity index (χ0n) is 22.5. The van der Waals surface area contributed by atoms with E-state index in [0.29, 0.717) is 18.2 Å². The van der Waals surface area contributed by atoms with Gasteiger partial charge in [0.25, 0.3) is 0 Å². The summed E-state index contributed by atoms with van der Waals surface area (Å²) in [6.07, 6.45) is 7.38. The van der Waals surface area contributed by atoms with Crippen molar-refractivity contribution in [2.75, 3.05) is 36.9 Å². The Balaban J connectivity index is 1.51. The molecule has 0 aromatic heterocycles. The number of rotatable bonds is 2. The van der Waals surface area contributed by atoms with Crippen molar-refractivity contribution in [2.24, 2.45) is 11.8 Å². The molecular weight excluding hydrogens is 478 g/mol. The van der Waals surface area contributed by atoms with Crippen molar-refractivity contribution in [3.8, 4) is 0 Å². The minimum absolute atomic E-state index is 0.0393. The van der Waals surface area contributed by atoms with E-state index in [1.165, 1.54) is 18.4 Å². The molecule has 1 atom stereocenters. The minimum Gasteiger partial charge on any atom is -0.481 e. The maximum absolute atomic E-state index is 13.4. The number of urea groups is 1. The number of nitrogens with two attached hydrogens (primary N) is 2. The molecule has 8 nitrogen and oxygen atoms in total. The molecule has 6 heterocycles. The second-order valence-electron chi connectivity index (χ2n) is 11.3. The molecule has 38 heavy (non-hydrogen) atoms. The van der Waals surface area contributed by atoms with Crippen molar-refractivity contribution in [1.82, 2.24) is 9.80 Å². The standard InChI is InChI=1S/C30H41N5O3/c1-20-25-8-9-27(29(20)31)35(32)13-4-2-3-5-21-10-14-33(15-11-21)30(38)34-16-12-22-6-7-23(17-24(22)19-34)26(25)18-28(36)37/h6-9,17,21,26H,2-5,10-16,18-19,31-32H2,1H3,(H,36,37). The van der Waals surface area contributed by atoms with Crippen LogP contribution < -0.4 is 16.6 Å². The summed E-state index contributed by atoms with van der Waals surface area (Å²) in [5.74, 6) is 5.91. The van der Waals surface area contributed by atoms with Gasteiger partial charge in [0.2, 0.25) is 0 Å². The van der Waals surface area contributed by atoms with Crippen molar-refractivity contribution < 1.29 is 14.7 Å². The number of carboxylic acid groups (broad SMARTS) is 1. The molecule has 2 aromatic rings. The van der Waals surface area contributed by atoms with Crippen LogP contribution in [0, 0.1) is 12.8 Å². The smallest absolute Gasteiger partial charge is 0.320 e. The van der Waals surface area contributed by atoms with E-state index < -0.39 is 5.97 Å². The van der Waals surface area contributed by atoms with Gasteiger partial charge in [-0.15, -0.1) is 0 Å². The van der Waals surface area contributed by atoms with Crippen LogP contribution in [0.25, 0.3) is 0 Å². The maximum Gasteiger partial charge on any atom is 0.320 e. The van der Waals surface area contributed by atoms with Crippen LogP contribution >= 0.6 is 0 Å². The number of hydrogen-bond donors (Lipinski definition) is 3. The fraction of sp³-hybridized carbons (Fsp3) is 0.533. The van der Waals surface area contributed by atoms with E-state index in [-0.39, 0.29) is 18.4 Å². The van der Waals surface area contributed by atoms with Crippen molar-refractivity contribution in [1.29, 1.82) is 0 Å². The van der Waals surface area contributed by atoms with Crippen molar-refractivity contribution >= 4 is 23.4 Å². The maximum atomic E-state index is 13.4. The molecule has 2 aromatic carbocycles. The summed E-state index contributed by atoms with van der Waals surface area (Å²) in [6.45, 7) is 5.61. The van der Waals surface area contributed by atoms with E-state index >= 15 is 0 Å². The highest BCUT2D eigenvalue weighted by Gasteiger charge is 2.30. The second-order valence-corrected chi connectivity index (χ2v) is 11.3. The Labute approximate surface area is 225 Å². The normalized spacial score (nSPS) is 22.6. The molecule has 1 unspecified atom stereocenters. The Bertz CT molecular complexity index is 1190. The number of nitrogen functional groups attached to an aromatic ring is 1. The van der Waals surface area contributed by atoms with Crippen LogP contribution in [0.5, 0.6) is 0 Å². The first kappa shape index (κ1) is 26.4. The molecule has 5 N–H and O–H groups in total. The number of piperidine rings is 1. The van der Waals surface area contributed by atoms with Gasteiger partial charge in [0.05, 0.1) is 17.8 Å². The number of carbonyl (C=O) groups excluding carboxylic acids is 1. The lowest BCUT2D eigenvalue weighted by Crippen LogP contribution is -2.48. The van der Waals surface area contributed by atoms with Gasteiger partial charge in [-0.25, -0.2) is 10.6 Å². The molecule has 8 rings (SSSR count). The van der Waals surface area contributed by atoms with E-state index in [0.717, 1.165) is 86.2 Å². The van der Waals surface area contributed by atoms with Crippen molar-refractivity contribution in [3.05, 3.63) is 58.1 Å². The van der Waals surface area contributed by atoms with Gasteiger partial charge in [0, 0.05) is 38.6 Å². The van der Waals surface area contributed by atoms with Crippen LogP contribution in [0.4, 0.5) is 16.2 Å². The number of hydrogen-bond acceptors (Lipinski definition) is 5. The summed E-state index contributed by atoms with van der Waals surface area (Å²) in [5.41, 5.74) is 13.0. The van der Waals surface area contributed by atoms with Gasteiger partial charge in [-0.2, -0.15) is 0 Å². The van der Waals surface area contributed by atoms with Crippen LogP contribution in [0.2, 0.25) is 0 Å². The molecule has 0 aliphatic carbocycles. The third kappa shape index (κ3) is 5.46. The minimum atomic E-state index is -0.860. The van der Waals surface area contributed by atoms with Crippen LogP contribution in [-0.2, 0) is 17.8 Å². The number of benzene rings is 2. The van der Waals surface area contributed by atoms with Crippen LogP contribution in [-0.4, -0.2) is 53.1 Å². The summed E-state index contributed by atoms with van der Waals surface area (Å²) >= 11 is 0. The number of hydrazine groups is 1. The van der Waals surface area contributed by atoms with Gasteiger partial charge in [-0.05, 0) is 72.4 Å². The molecule has 6 aliphatic rings. The Morgan fingerprint density at radius 3 is 2.53 bits per heavy atom. The van der Waals surface area contributed by atoms with Gasteiger partial charge < -0.3 is 25.6 Å². The number of anilines is 2. The third-order valence-corrected chi connectivity index (χ3v) is 8.91. The van der Waals surface area contributed by atoms with E-state index in [1.54, 1.807) is 5.01 Å². The van der Waals surface area contributed by atoms with Crippen LogP contribution in [0.1, 0.15) is 78.7 Å². The third-order valence-electron chi connectivity index (χ3n) is 8.91. The lowest BCUT2D eigenvalue weighted by atomic mass is 9.83. The lowest BCUT2D eigenvalue weighted by Gasteiger charge is -2.38. The Hall–Kier alpha value is -3.26. The Kier molecular flexibility index (Phi) is 7.79. The Morgan fingerprint density at radius 1 is 0.974 bits per heavy atom. The lowest BCUT2D eigenvalue weighted by molar-refractivity contribution is -0.137. The molecule has 0 saturated carbocycles. The van der Waals surface area contributed by atoms with Crippen LogP contribution in [0.15, 0.2) is 30.3 Å². The van der Waals surface area contributed by atoms with E-state index in [9.17, 15) is 14.7 Å². The zero-order valence-corrected chi connectivity index (χ0v) is 22.5. The summed E-state index contributed by atoms with van der Waals surface area (Å²) in [6, 6.07) is 10.3.